The van der Waals surface area contributed by atoms with E-state index in [-0.39, 0.29) is 24.0 Å². The molecule has 4 aromatic rings. The van der Waals surface area contributed by atoms with Crippen molar-refractivity contribution in [2.24, 2.45) is 5.92 Å². The Kier molecular flexibility index (Phi) is 6.92. The van der Waals surface area contributed by atoms with Gasteiger partial charge >= 0.3 is 0 Å². The summed E-state index contributed by atoms with van der Waals surface area (Å²) in [5, 5.41) is 7.73. The summed E-state index contributed by atoms with van der Waals surface area (Å²) in [5.41, 5.74) is 4.79. The second-order valence-corrected chi connectivity index (χ2v) is 12.2. The minimum Gasteiger partial charge on any atom is -0.437 e. The number of carbonyl (C=O) groups excluding carboxylic acids is 1. The molecule has 1 aliphatic rings. The van der Waals surface area contributed by atoms with Gasteiger partial charge in [-0.1, -0.05) is 18.2 Å². The van der Waals surface area contributed by atoms with Gasteiger partial charge < -0.3 is 10.1 Å². The summed E-state index contributed by atoms with van der Waals surface area (Å²) >= 11 is 0. The molecule has 5 rings (SSSR count). The van der Waals surface area contributed by atoms with Crippen molar-refractivity contribution in [3.63, 3.8) is 0 Å². The van der Waals surface area contributed by atoms with E-state index in [9.17, 15) is 17.6 Å². The summed E-state index contributed by atoms with van der Waals surface area (Å²) in [6, 6.07) is 11.5. The van der Waals surface area contributed by atoms with Crippen LogP contribution in [-0.4, -0.2) is 47.4 Å². The monoisotopic (exact) mass is 536 g/mol. The standard InChI is InChI=1S/C28H29FN4O4S/c1-17-4-8-21(29)14-26(17)37-27-15-23(30-10-11-38(3,35)36)28-31-16-24(33(28)32-27)20-7-9-22(18(2)12-20)25(34)13-19-5-6-19/h4,7-9,12,14-16,19,30H,5-6,10-11,13H2,1-3H3. The van der Waals surface area contributed by atoms with Gasteiger partial charge in [0.05, 0.1) is 23.3 Å². The maximum Gasteiger partial charge on any atom is 0.239 e. The minimum atomic E-state index is -3.18. The third kappa shape index (κ3) is 5.85. The van der Waals surface area contributed by atoms with Crippen LogP contribution in [0.5, 0.6) is 11.6 Å². The van der Waals surface area contributed by atoms with Crippen molar-refractivity contribution in [2.75, 3.05) is 23.9 Å². The lowest BCUT2D eigenvalue weighted by atomic mass is 9.98. The number of imidazole rings is 1. The fraction of sp³-hybridized carbons (Fsp3) is 0.321. The van der Waals surface area contributed by atoms with Crippen LogP contribution in [0.2, 0.25) is 0 Å². The number of hydrogen-bond acceptors (Lipinski definition) is 7. The number of fused-ring (bicyclic) bond motifs is 1. The van der Waals surface area contributed by atoms with E-state index in [1.54, 1.807) is 29.8 Å². The Labute approximate surface area is 220 Å². The number of benzene rings is 2. The van der Waals surface area contributed by atoms with Crippen molar-refractivity contribution < 1.29 is 22.3 Å². The van der Waals surface area contributed by atoms with Crippen LogP contribution in [0, 0.1) is 25.6 Å². The highest BCUT2D eigenvalue weighted by atomic mass is 32.2. The van der Waals surface area contributed by atoms with Gasteiger partial charge in [0.15, 0.2) is 11.4 Å². The lowest BCUT2D eigenvalue weighted by molar-refractivity contribution is 0.0975. The van der Waals surface area contributed by atoms with Gasteiger partial charge in [0.2, 0.25) is 5.88 Å². The second kappa shape index (κ2) is 10.2. The minimum absolute atomic E-state index is 0.0657. The molecule has 1 N–H and O–H groups in total. The van der Waals surface area contributed by atoms with E-state index in [2.05, 4.69) is 15.4 Å². The lowest BCUT2D eigenvalue weighted by Gasteiger charge is -2.13. The molecule has 8 nitrogen and oxygen atoms in total. The number of nitrogens with one attached hydrogen (secondary N) is 1. The number of aryl methyl sites for hydroxylation is 2. The molecule has 1 saturated carbocycles. The van der Waals surface area contributed by atoms with Crippen LogP contribution in [0.3, 0.4) is 0 Å². The number of ketones is 1. The highest BCUT2D eigenvalue weighted by molar-refractivity contribution is 7.90. The third-order valence-corrected chi connectivity index (χ3v) is 7.54. The summed E-state index contributed by atoms with van der Waals surface area (Å²) in [6.07, 6.45) is 5.67. The van der Waals surface area contributed by atoms with Crippen molar-refractivity contribution >= 4 is 27.0 Å². The number of rotatable bonds is 10. The number of nitrogens with zero attached hydrogens (tertiary/aromatic N) is 3. The summed E-state index contributed by atoms with van der Waals surface area (Å²) < 4.78 is 44.8. The van der Waals surface area contributed by atoms with E-state index in [1.165, 1.54) is 18.4 Å². The number of Topliss-reactive ketones (excluding diaryl/α,β-unsaturated/α-hetero) is 1. The normalized spacial score (nSPS) is 13.6. The van der Waals surface area contributed by atoms with Crippen LogP contribution in [-0.2, 0) is 9.84 Å². The molecule has 0 aliphatic heterocycles. The molecule has 0 atom stereocenters. The molecular formula is C28H29FN4O4S. The van der Waals surface area contributed by atoms with Gasteiger partial charge in [0.25, 0.3) is 0 Å². The van der Waals surface area contributed by atoms with Crippen LogP contribution < -0.4 is 10.1 Å². The molecule has 2 aromatic heterocycles. The number of hydrogen-bond donors (Lipinski definition) is 1. The Morgan fingerprint density at radius 2 is 1.92 bits per heavy atom. The quantitative estimate of drug-likeness (QED) is 0.271. The highest BCUT2D eigenvalue weighted by Gasteiger charge is 2.25. The van der Waals surface area contributed by atoms with Gasteiger partial charge in [-0.3, -0.25) is 4.79 Å². The maximum atomic E-state index is 13.9. The zero-order valence-electron chi connectivity index (χ0n) is 21.5. The van der Waals surface area contributed by atoms with E-state index in [1.807, 2.05) is 25.1 Å². The number of carbonyl (C=O) groups is 1. The summed E-state index contributed by atoms with van der Waals surface area (Å²) in [5.74, 6) is 0.664. The number of anilines is 1. The molecule has 0 spiro atoms. The molecule has 0 amide bonds. The fourth-order valence-corrected chi connectivity index (χ4v) is 4.79. The first-order valence-corrected chi connectivity index (χ1v) is 14.5. The molecule has 38 heavy (non-hydrogen) atoms. The maximum absolute atomic E-state index is 13.9. The Balaban J connectivity index is 1.54. The Morgan fingerprint density at radius 3 is 2.63 bits per heavy atom. The second-order valence-electron chi connectivity index (χ2n) is 9.94. The van der Waals surface area contributed by atoms with E-state index in [0.29, 0.717) is 35.1 Å². The summed E-state index contributed by atoms with van der Waals surface area (Å²) in [6.45, 7) is 3.88. The summed E-state index contributed by atoms with van der Waals surface area (Å²) in [7, 11) is -3.18. The average Bonchev–Trinajstić information content (AvgIpc) is 3.55. The summed E-state index contributed by atoms with van der Waals surface area (Å²) in [4.78, 5) is 17.2. The van der Waals surface area contributed by atoms with Crippen molar-refractivity contribution in [3.05, 3.63) is 71.2 Å². The molecule has 10 heteroatoms. The SMILES string of the molecule is Cc1ccc(F)cc1Oc1cc(NCCS(C)(=O)=O)c2ncc(-c3ccc(C(=O)CC4CC4)c(C)c3)n2n1. The van der Waals surface area contributed by atoms with E-state index in [4.69, 9.17) is 4.74 Å². The van der Waals surface area contributed by atoms with Crippen LogP contribution in [0.1, 0.15) is 40.7 Å². The number of aromatic nitrogens is 3. The van der Waals surface area contributed by atoms with Crippen molar-refractivity contribution in [1.82, 2.24) is 14.6 Å². The molecule has 0 saturated heterocycles. The molecule has 1 aliphatic carbocycles. The van der Waals surface area contributed by atoms with Crippen LogP contribution in [0.25, 0.3) is 16.9 Å². The van der Waals surface area contributed by atoms with Gasteiger partial charge in [0.1, 0.15) is 21.4 Å². The van der Waals surface area contributed by atoms with Crippen LogP contribution in [0.15, 0.2) is 48.7 Å². The molecule has 0 unspecified atom stereocenters. The molecule has 0 bridgehead atoms. The Hall–Kier alpha value is -3.79. The van der Waals surface area contributed by atoms with Crippen molar-refractivity contribution in [3.8, 4) is 22.9 Å². The van der Waals surface area contributed by atoms with Gasteiger partial charge in [-0.2, -0.15) is 0 Å². The van der Waals surface area contributed by atoms with Gasteiger partial charge in [-0.15, -0.1) is 5.10 Å². The van der Waals surface area contributed by atoms with Gasteiger partial charge in [-0.05, 0) is 55.9 Å². The number of sulfone groups is 1. The molecule has 0 radical (unpaired) electrons. The zero-order chi connectivity index (χ0) is 27.0. The average molecular weight is 537 g/mol. The van der Waals surface area contributed by atoms with Crippen LogP contribution in [0.4, 0.5) is 10.1 Å². The first-order chi connectivity index (χ1) is 18.1. The largest absolute Gasteiger partial charge is 0.437 e. The molecule has 2 aromatic carbocycles. The fourth-order valence-electron chi connectivity index (χ4n) is 4.32. The van der Waals surface area contributed by atoms with Crippen molar-refractivity contribution in [2.45, 2.75) is 33.1 Å². The third-order valence-electron chi connectivity index (χ3n) is 6.59. The topological polar surface area (TPSA) is 103 Å². The van der Waals surface area contributed by atoms with E-state index < -0.39 is 15.7 Å². The zero-order valence-corrected chi connectivity index (χ0v) is 22.3. The Bertz CT molecular complexity index is 1640. The molecule has 198 valence electrons. The first kappa shape index (κ1) is 25.8. The predicted molar refractivity (Wildman–Crippen MR) is 144 cm³/mol. The first-order valence-electron chi connectivity index (χ1n) is 12.5. The highest BCUT2D eigenvalue weighted by Crippen LogP contribution is 2.35. The number of halogens is 1. The van der Waals surface area contributed by atoms with Gasteiger partial charge in [0, 0.05) is 42.5 Å². The van der Waals surface area contributed by atoms with E-state index in [0.717, 1.165) is 35.1 Å². The van der Waals surface area contributed by atoms with Crippen molar-refractivity contribution in [1.29, 1.82) is 0 Å². The van der Waals surface area contributed by atoms with E-state index >= 15 is 0 Å². The van der Waals surface area contributed by atoms with Gasteiger partial charge in [-0.25, -0.2) is 22.3 Å². The molecule has 1 fully saturated rings. The number of ether oxygens (including phenoxy) is 1. The smallest absolute Gasteiger partial charge is 0.239 e. The lowest BCUT2D eigenvalue weighted by Crippen LogP contribution is -2.15. The molecular weight excluding hydrogens is 507 g/mol. The Morgan fingerprint density at radius 1 is 1.13 bits per heavy atom. The predicted octanol–water partition coefficient (Wildman–Crippen LogP) is 5.38. The van der Waals surface area contributed by atoms with Crippen LogP contribution >= 0.6 is 0 Å². The molecule has 2 heterocycles.